The summed E-state index contributed by atoms with van der Waals surface area (Å²) in [5, 5.41) is 0. The molecule has 0 saturated carbocycles. The molecule has 0 aliphatic heterocycles. The van der Waals surface area contributed by atoms with Gasteiger partial charge in [0.25, 0.3) is 0 Å². The predicted molar refractivity (Wildman–Crippen MR) is 301 cm³/mol. The van der Waals surface area contributed by atoms with E-state index in [1.165, 1.54) is 106 Å². The van der Waals surface area contributed by atoms with Crippen molar-refractivity contribution in [2.75, 3.05) is 4.90 Å². The Hall–Kier alpha value is -8.78. The van der Waals surface area contributed by atoms with Crippen LogP contribution in [0.3, 0.4) is 0 Å². The molecular formula is C71H53N. The van der Waals surface area contributed by atoms with Gasteiger partial charge in [-0.05, 0) is 146 Å². The number of rotatable bonds is 5. The van der Waals surface area contributed by atoms with Crippen LogP contribution in [0.15, 0.2) is 267 Å². The molecule has 11 aromatic carbocycles. The van der Waals surface area contributed by atoms with E-state index < -0.39 is 10.8 Å². The van der Waals surface area contributed by atoms with Crippen LogP contribution in [0, 0.1) is 20.8 Å². The SMILES string of the molecule is Cc1ccccc1.Cc1ccccc1-c1cc(N(c2ccc(-c3ccccc3)cc2)c2cccc3c2C2(c4ccccc4-c4ccccc42)c2ccccc2C32c3ccccc3-c3ccccc32)ccc1C. The van der Waals surface area contributed by atoms with Crippen LogP contribution in [0.1, 0.15) is 61.2 Å². The van der Waals surface area contributed by atoms with Crippen LogP contribution in [0.4, 0.5) is 17.1 Å². The van der Waals surface area contributed by atoms with E-state index in [2.05, 4.69) is 274 Å². The monoisotopic (exact) mass is 919 g/mol. The zero-order valence-corrected chi connectivity index (χ0v) is 40.9. The summed E-state index contributed by atoms with van der Waals surface area (Å²) < 4.78 is 0. The standard InChI is InChI=1S/C64H45N.C7H8/c1-42-19-6-7-22-48(42)53-41-47(38-35-43(53)2)65(46-39-36-45(37-40-46)44-20-4-3-5-21-44)61-34-18-33-60-62(61)64(56-29-14-10-25-51(56)52-26-11-15-30-57(52)64)59-32-17-16-31-58(59)63(60)54-27-12-8-23-49(54)50-24-9-13-28-55(50)63;1-7-5-3-2-4-6-7/h3-41H,1-2H3;2-6H,1H3. The van der Waals surface area contributed by atoms with E-state index in [0.29, 0.717) is 0 Å². The van der Waals surface area contributed by atoms with E-state index in [9.17, 15) is 0 Å². The van der Waals surface area contributed by atoms with Crippen LogP contribution >= 0.6 is 0 Å². The Morgan fingerprint density at radius 3 is 1.19 bits per heavy atom. The average Bonchev–Trinajstić information content (AvgIpc) is 3.90. The fourth-order valence-corrected chi connectivity index (χ4v) is 12.8. The minimum absolute atomic E-state index is 0.588. The van der Waals surface area contributed by atoms with Crippen molar-refractivity contribution in [3.05, 3.63) is 328 Å². The average molecular weight is 920 g/mol. The summed E-state index contributed by atoms with van der Waals surface area (Å²) in [5.74, 6) is 0. The van der Waals surface area contributed by atoms with Gasteiger partial charge in [-0.15, -0.1) is 0 Å². The smallest absolute Gasteiger partial charge is 0.0740 e. The Bertz CT molecular complexity index is 3750. The zero-order chi connectivity index (χ0) is 48.4. The molecule has 1 heteroatoms. The van der Waals surface area contributed by atoms with Crippen LogP contribution in [0.5, 0.6) is 0 Å². The van der Waals surface area contributed by atoms with Gasteiger partial charge in [-0.25, -0.2) is 0 Å². The molecule has 0 atom stereocenters. The first-order chi connectivity index (χ1) is 35.5. The Balaban J connectivity index is 0.000000666. The lowest BCUT2D eigenvalue weighted by molar-refractivity contribution is 0.633. The fraction of sp³-hybridized carbons (Fsp3) is 0.0704. The number of nitrogens with zero attached hydrogens (tertiary/aromatic N) is 1. The van der Waals surface area contributed by atoms with Crippen LogP contribution in [-0.4, -0.2) is 0 Å². The van der Waals surface area contributed by atoms with Crippen LogP contribution < -0.4 is 4.90 Å². The van der Waals surface area contributed by atoms with Gasteiger partial charge >= 0.3 is 0 Å². The van der Waals surface area contributed by atoms with Crippen molar-refractivity contribution in [2.24, 2.45) is 0 Å². The van der Waals surface area contributed by atoms with Crippen LogP contribution in [0.25, 0.3) is 44.5 Å². The quantitative estimate of drug-likeness (QED) is 0.166. The summed E-state index contributed by atoms with van der Waals surface area (Å²) in [5.41, 5.74) is 26.6. The van der Waals surface area contributed by atoms with E-state index in [1.54, 1.807) is 0 Å². The van der Waals surface area contributed by atoms with Crippen LogP contribution in [0.2, 0.25) is 0 Å². The maximum Gasteiger partial charge on any atom is 0.0740 e. The molecule has 3 aliphatic rings. The number of anilines is 3. The van der Waals surface area contributed by atoms with Gasteiger partial charge in [0.1, 0.15) is 0 Å². The maximum absolute atomic E-state index is 2.56. The molecule has 14 rings (SSSR count). The largest absolute Gasteiger partial charge is 0.310 e. The summed E-state index contributed by atoms with van der Waals surface area (Å²) in [4.78, 5) is 2.56. The first kappa shape index (κ1) is 43.3. The molecule has 0 N–H and O–H groups in total. The summed E-state index contributed by atoms with van der Waals surface area (Å²) in [6, 6.07) is 99.4. The van der Waals surface area contributed by atoms with Crippen molar-refractivity contribution in [3.63, 3.8) is 0 Å². The molecule has 2 spiro atoms. The highest BCUT2D eigenvalue weighted by atomic mass is 15.1. The highest BCUT2D eigenvalue weighted by Gasteiger charge is 2.60. The molecule has 11 aromatic rings. The van der Waals surface area contributed by atoms with Crippen molar-refractivity contribution < 1.29 is 0 Å². The molecule has 3 aliphatic carbocycles. The first-order valence-electron chi connectivity index (χ1n) is 25.3. The second-order valence-electron chi connectivity index (χ2n) is 19.6. The van der Waals surface area contributed by atoms with E-state index >= 15 is 0 Å². The van der Waals surface area contributed by atoms with E-state index in [0.717, 1.165) is 17.1 Å². The topological polar surface area (TPSA) is 3.24 Å². The summed E-state index contributed by atoms with van der Waals surface area (Å²) in [6.07, 6.45) is 0. The van der Waals surface area contributed by atoms with Crippen molar-refractivity contribution in [1.82, 2.24) is 0 Å². The van der Waals surface area contributed by atoms with E-state index in [1.807, 2.05) is 18.2 Å². The Morgan fingerprint density at radius 1 is 0.264 bits per heavy atom. The highest BCUT2D eigenvalue weighted by Crippen LogP contribution is 2.69. The van der Waals surface area contributed by atoms with Crippen molar-refractivity contribution in [1.29, 1.82) is 0 Å². The van der Waals surface area contributed by atoms with Crippen molar-refractivity contribution in [2.45, 2.75) is 31.6 Å². The zero-order valence-electron chi connectivity index (χ0n) is 40.9. The lowest BCUT2D eigenvalue weighted by Crippen LogP contribution is -2.44. The van der Waals surface area contributed by atoms with E-state index in [4.69, 9.17) is 0 Å². The Kier molecular flexibility index (Phi) is 10.4. The normalized spacial score (nSPS) is 13.4. The van der Waals surface area contributed by atoms with Crippen molar-refractivity contribution in [3.8, 4) is 44.5 Å². The van der Waals surface area contributed by atoms with Crippen molar-refractivity contribution >= 4 is 17.1 Å². The molecule has 0 fully saturated rings. The molecule has 0 unspecified atom stereocenters. The van der Waals surface area contributed by atoms with Gasteiger partial charge in [-0.2, -0.15) is 0 Å². The molecule has 0 amide bonds. The molecular weight excluding hydrogens is 867 g/mol. The maximum atomic E-state index is 2.56. The van der Waals surface area contributed by atoms with Gasteiger partial charge in [-0.1, -0.05) is 242 Å². The van der Waals surface area contributed by atoms with Gasteiger partial charge in [0.05, 0.1) is 16.5 Å². The Labute approximate surface area is 424 Å². The Morgan fingerprint density at radius 2 is 0.667 bits per heavy atom. The number of fused-ring (bicyclic) bond motifs is 16. The lowest BCUT2D eigenvalue weighted by atomic mass is 9.52. The third-order valence-electron chi connectivity index (χ3n) is 15.8. The molecule has 0 saturated heterocycles. The number of hydrogen-bond acceptors (Lipinski definition) is 1. The predicted octanol–water partition coefficient (Wildman–Crippen LogP) is 18.1. The molecule has 0 aromatic heterocycles. The molecule has 0 heterocycles. The minimum Gasteiger partial charge on any atom is -0.310 e. The van der Waals surface area contributed by atoms with Gasteiger partial charge in [0, 0.05) is 16.9 Å². The van der Waals surface area contributed by atoms with Crippen LogP contribution in [-0.2, 0) is 10.8 Å². The highest BCUT2D eigenvalue weighted by molar-refractivity contribution is 5.97. The van der Waals surface area contributed by atoms with E-state index in [-0.39, 0.29) is 0 Å². The third-order valence-corrected chi connectivity index (χ3v) is 15.8. The molecule has 0 bridgehead atoms. The lowest BCUT2D eigenvalue weighted by Gasteiger charge is -2.50. The fourth-order valence-electron chi connectivity index (χ4n) is 12.8. The first-order valence-corrected chi connectivity index (χ1v) is 25.3. The summed E-state index contributed by atoms with van der Waals surface area (Å²) in [6.45, 7) is 6.55. The van der Waals surface area contributed by atoms with Gasteiger partial charge < -0.3 is 4.90 Å². The number of hydrogen-bond donors (Lipinski definition) is 0. The second kappa shape index (κ2) is 17.3. The molecule has 72 heavy (non-hydrogen) atoms. The summed E-state index contributed by atoms with van der Waals surface area (Å²) in [7, 11) is 0. The van der Waals surface area contributed by atoms with Gasteiger partial charge in [0.15, 0.2) is 0 Å². The molecule has 342 valence electrons. The van der Waals surface area contributed by atoms with Gasteiger partial charge in [-0.3, -0.25) is 0 Å². The van der Waals surface area contributed by atoms with Gasteiger partial charge in [0.2, 0.25) is 0 Å². The second-order valence-corrected chi connectivity index (χ2v) is 19.6. The molecule has 1 nitrogen and oxygen atoms in total. The third kappa shape index (κ3) is 6.40. The number of benzene rings is 11. The minimum atomic E-state index is -0.654. The molecule has 0 radical (unpaired) electrons. The summed E-state index contributed by atoms with van der Waals surface area (Å²) >= 11 is 0. The number of aryl methyl sites for hydroxylation is 3.